The van der Waals surface area contributed by atoms with Crippen LogP contribution in [0.4, 0.5) is 0 Å². The molecule has 0 fully saturated rings. The summed E-state index contributed by atoms with van der Waals surface area (Å²) in [6, 6.07) is 0. The summed E-state index contributed by atoms with van der Waals surface area (Å²) in [4.78, 5) is 33.7. The van der Waals surface area contributed by atoms with Gasteiger partial charge in [-0.05, 0) is 0 Å². The Morgan fingerprint density at radius 2 is 1.53 bits per heavy atom. The monoisotopic (exact) mass is 242 g/mol. The average molecular weight is 242 g/mol. The maximum Gasteiger partial charge on any atom is 0.344 e. The SMILES string of the molecule is COC(=O)COC(=O)C1=C(C(=O)OC)C1(C)C. The fraction of sp³-hybridized carbons (Fsp3) is 0.545. The van der Waals surface area contributed by atoms with Crippen LogP contribution in [0.3, 0.4) is 0 Å². The minimum Gasteiger partial charge on any atom is -0.466 e. The van der Waals surface area contributed by atoms with Crippen molar-refractivity contribution in [3.05, 3.63) is 11.1 Å². The van der Waals surface area contributed by atoms with Crippen molar-refractivity contribution < 1.29 is 28.6 Å². The number of methoxy groups -OCH3 is 2. The first-order chi connectivity index (χ1) is 7.86. The van der Waals surface area contributed by atoms with Gasteiger partial charge in [0.05, 0.1) is 25.4 Å². The molecule has 0 amide bonds. The Kier molecular flexibility index (Phi) is 3.55. The zero-order chi connectivity index (χ0) is 13.2. The van der Waals surface area contributed by atoms with Gasteiger partial charge in [-0.25, -0.2) is 14.4 Å². The molecule has 0 spiro atoms. The second kappa shape index (κ2) is 4.57. The number of carbonyl (C=O) groups excluding carboxylic acids is 3. The molecule has 0 saturated heterocycles. The van der Waals surface area contributed by atoms with E-state index >= 15 is 0 Å². The summed E-state index contributed by atoms with van der Waals surface area (Å²) >= 11 is 0. The smallest absolute Gasteiger partial charge is 0.344 e. The molecule has 1 aliphatic rings. The molecule has 6 heteroatoms. The molecule has 0 atom stereocenters. The third-order valence-corrected chi connectivity index (χ3v) is 2.58. The molecule has 0 unspecified atom stereocenters. The molecular weight excluding hydrogens is 228 g/mol. The van der Waals surface area contributed by atoms with E-state index in [1.54, 1.807) is 13.8 Å². The van der Waals surface area contributed by atoms with Gasteiger partial charge in [-0.2, -0.15) is 0 Å². The van der Waals surface area contributed by atoms with E-state index < -0.39 is 29.9 Å². The average Bonchev–Trinajstić information content (AvgIpc) is 2.87. The van der Waals surface area contributed by atoms with E-state index in [2.05, 4.69) is 9.47 Å². The van der Waals surface area contributed by atoms with Crippen molar-refractivity contribution in [1.82, 2.24) is 0 Å². The van der Waals surface area contributed by atoms with Crippen molar-refractivity contribution in [2.24, 2.45) is 5.41 Å². The van der Waals surface area contributed by atoms with Crippen molar-refractivity contribution in [1.29, 1.82) is 0 Å². The summed E-state index contributed by atoms with van der Waals surface area (Å²) in [6.07, 6.45) is 0. The Bertz CT molecular complexity index is 404. The second-order valence-corrected chi connectivity index (χ2v) is 4.02. The Balaban J connectivity index is 2.67. The Hall–Kier alpha value is -1.85. The Morgan fingerprint density at radius 1 is 1.00 bits per heavy atom. The lowest BCUT2D eigenvalue weighted by Crippen LogP contribution is -2.15. The molecule has 0 aromatic rings. The highest BCUT2D eigenvalue weighted by atomic mass is 16.6. The van der Waals surface area contributed by atoms with Gasteiger partial charge in [0.15, 0.2) is 6.61 Å². The van der Waals surface area contributed by atoms with Gasteiger partial charge in [-0.3, -0.25) is 0 Å². The minimum atomic E-state index is -0.694. The zero-order valence-corrected chi connectivity index (χ0v) is 10.2. The normalized spacial score (nSPS) is 16.2. The van der Waals surface area contributed by atoms with Gasteiger partial charge < -0.3 is 14.2 Å². The van der Waals surface area contributed by atoms with Crippen LogP contribution in [0.5, 0.6) is 0 Å². The number of hydrogen-bond donors (Lipinski definition) is 0. The van der Waals surface area contributed by atoms with Gasteiger partial charge in [0.25, 0.3) is 0 Å². The van der Waals surface area contributed by atoms with E-state index in [0.717, 1.165) is 0 Å². The van der Waals surface area contributed by atoms with Crippen LogP contribution in [-0.4, -0.2) is 38.7 Å². The summed E-state index contributed by atoms with van der Waals surface area (Å²) in [6.45, 7) is 2.94. The van der Waals surface area contributed by atoms with Crippen molar-refractivity contribution in [2.45, 2.75) is 13.8 Å². The first-order valence-electron chi connectivity index (χ1n) is 4.93. The van der Waals surface area contributed by atoms with E-state index in [1.807, 2.05) is 0 Å². The minimum absolute atomic E-state index is 0.244. The number of carbonyl (C=O) groups is 3. The van der Waals surface area contributed by atoms with Crippen molar-refractivity contribution in [2.75, 3.05) is 20.8 Å². The van der Waals surface area contributed by atoms with Gasteiger partial charge in [0.2, 0.25) is 0 Å². The summed E-state index contributed by atoms with van der Waals surface area (Å²) in [5.41, 5.74) is -0.122. The molecule has 0 aromatic heterocycles. The number of ether oxygens (including phenoxy) is 3. The van der Waals surface area contributed by atoms with E-state index in [-0.39, 0.29) is 11.1 Å². The van der Waals surface area contributed by atoms with Gasteiger partial charge in [0, 0.05) is 5.41 Å². The molecule has 0 bridgehead atoms. The molecule has 6 nitrogen and oxygen atoms in total. The third-order valence-electron chi connectivity index (χ3n) is 2.58. The third kappa shape index (κ3) is 2.46. The van der Waals surface area contributed by atoms with Crippen LogP contribution in [-0.2, 0) is 28.6 Å². The van der Waals surface area contributed by atoms with Crippen LogP contribution in [0.15, 0.2) is 11.1 Å². The quantitative estimate of drug-likeness (QED) is 0.518. The van der Waals surface area contributed by atoms with Crippen molar-refractivity contribution in [3.8, 4) is 0 Å². The summed E-state index contributed by atoms with van der Waals surface area (Å²) in [5, 5.41) is 0. The Labute approximate surface area is 98.5 Å². The predicted octanol–water partition coefficient (Wildman–Crippen LogP) is 0.212. The largest absolute Gasteiger partial charge is 0.466 e. The van der Waals surface area contributed by atoms with Gasteiger partial charge >= 0.3 is 17.9 Å². The standard InChI is InChI=1S/C11H14O6/c1-11(2)7(9(13)16-4)8(11)10(14)17-5-6(12)15-3/h5H2,1-4H3. The van der Waals surface area contributed by atoms with E-state index in [4.69, 9.17) is 4.74 Å². The van der Waals surface area contributed by atoms with Gasteiger partial charge in [-0.1, -0.05) is 13.8 Å². The van der Waals surface area contributed by atoms with Gasteiger partial charge in [0.1, 0.15) is 0 Å². The lowest BCUT2D eigenvalue weighted by molar-refractivity contribution is -0.154. The van der Waals surface area contributed by atoms with Gasteiger partial charge in [-0.15, -0.1) is 0 Å². The second-order valence-electron chi connectivity index (χ2n) is 4.02. The lowest BCUT2D eigenvalue weighted by Gasteiger charge is -2.04. The summed E-state index contributed by atoms with van der Waals surface area (Å²) in [7, 11) is 2.43. The van der Waals surface area contributed by atoms with Crippen molar-refractivity contribution in [3.63, 3.8) is 0 Å². The van der Waals surface area contributed by atoms with Crippen LogP contribution in [0, 0.1) is 5.41 Å². The number of hydrogen-bond acceptors (Lipinski definition) is 6. The molecule has 1 aliphatic carbocycles. The molecule has 0 radical (unpaired) electrons. The van der Waals surface area contributed by atoms with E-state index in [0.29, 0.717) is 0 Å². The first-order valence-corrected chi connectivity index (χ1v) is 4.93. The molecule has 0 aliphatic heterocycles. The van der Waals surface area contributed by atoms with E-state index in [9.17, 15) is 14.4 Å². The molecule has 1 rings (SSSR count). The fourth-order valence-electron chi connectivity index (χ4n) is 1.54. The predicted molar refractivity (Wildman–Crippen MR) is 55.8 cm³/mol. The molecule has 0 N–H and O–H groups in total. The fourth-order valence-corrected chi connectivity index (χ4v) is 1.54. The lowest BCUT2D eigenvalue weighted by atomic mass is 10.0. The van der Waals surface area contributed by atoms with Crippen LogP contribution in [0.1, 0.15) is 13.8 Å². The molecule has 17 heavy (non-hydrogen) atoms. The van der Waals surface area contributed by atoms with Crippen LogP contribution in [0.25, 0.3) is 0 Å². The molecule has 0 heterocycles. The van der Waals surface area contributed by atoms with Crippen molar-refractivity contribution >= 4 is 17.9 Å². The van der Waals surface area contributed by atoms with E-state index in [1.165, 1.54) is 14.2 Å². The molecule has 94 valence electrons. The van der Waals surface area contributed by atoms with Crippen LogP contribution in [0.2, 0.25) is 0 Å². The zero-order valence-electron chi connectivity index (χ0n) is 10.2. The van der Waals surface area contributed by atoms with Crippen LogP contribution < -0.4 is 0 Å². The van der Waals surface area contributed by atoms with Crippen LogP contribution >= 0.6 is 0 Å². The summed E-state index contributed by atoms with van der Waals surface area (Å²) in [5.74, 6) is -1.90. The molecule has 0 aromatic carbocycles. The maximum absolute atomic E-state index is 11.6. The molecular formula is C11H14O6. The maximum atomic E-state index is 11.6. The Morgan fingerprint density at radius 3 is 2.00 bits per heavy atom. The first kappa shape index (κ1) is 13.2. The topological polar surface area (TPSA) is 78.9 Å². The highest BCUT2D eigenvalue weighted by Crippen LogP contribution is 2.52. The molecule has 0 saturated carbocycles. The number of rotatable bonds is 4. The highest BCUT2D eigenvalue weighted by Gasteiger charge is 2.54. The number of esters is 3. The highest BCUT2D eigenvalue weighted by molar-refractivity contribution is 6.11. The summed E-state index contributed by atoms with van der Waals surface area (Å²) < 4.78 is 13.6.